The number of hydrogen-bond donors (Lipinski definition) is 1. The van der Waals surface area contributed by atoms with Crippen LogP contribution in [0.1, 0.15) is 31.6 Å². The Hall–Kier alpha value is -4.07. The first-order valence-electron chi connectivity index (χ1n) is 12.3. The molecule has 5 aromatic rings. The Kier molecular flexibility index (Phi) is 5.71. The topological polar surface area (TPSA) is 60.6 Å². The molecule has 36 heavy (non-hydrogen) atoms. The molecule has 0 aliphatic carbocycles. The van der Waals surface area contributed by atoms with Crippen molar-refractivity contribution in [2.24, 2.45) is 0 Å². The van der Waals surface area contributed by atoms with E-state index in [0.29, 0.717) is 5.95 Å². The second-order valence-electron chi connectivity index (χ2n) is 9.16. The number of anilines is 1. The first kappa shape index (κ1) is 22.4. The molecule has 182 valence electrons. The standard InChI is InChI=1S/C28H26F2N6/c1-2-13-31-28-32-14-11-23(33-28)27-26(18-3-5-20(29)6-4-18)34-25-10-8-22(36(25)27)17-35-15-12-19-16-21(30)7-9-24(19)35/h3-7,9,11-12,14-16,22H,2,8,10,13,17H2,1H3,(H,31,32,33). The lowest BCUT2D eigenvalue weighted by Gasteiger charge is -2.19. The van der Waals surface area contributed by atoms with Gasteiger partial charge in [-0.2, -0.15) is 0 Å². The van der Waals surface area contributed by atoms with Crippen LogP contribution in [0, 0.1) is 11.6 Å². The molecule has 0 radical (unpaired) electrons. The molecule has 1 N–H and O–H groups in total. The first-order chi connectivity index (χ1) is 17.6. The Morgan fingerprint density at radius 3 is 2.67 bits per heavy atom. The minimum absolute atomic E-state index is 0.138. The van der Waals surface area contributed by atoms with Gasteiger partial charge in [-0.15, -0.1) is 0 Å². The Morgan fingerprint density at radius 2 is 1.83 bits per heavy atom. The van der Waals surface area contributed by atoms with Gasteiger partial charge in [0.15, 0.2) is 0 Å². The molecule has 4 heterocycles. The number of aromatic nitrogens is 5. The van der Waals surface area contributed by atoms with Crippen molar-refractivity contribution in [2.45, 2.75) is 38.8 Å². The smallest absolute Gasteiger partial charge is 0.223 e. The zero-order valence-electron chi connectivity index (χ0n) is 20.0. The Bertz CT molecular complexity index is 1540. The summed E-state index contributed by atoms with van der Waals surface area (Å²) in [6.07, 6.45) is 6.50. The molecule has 1 aliphatic heterocycles. The number of nitrogens with zero attached hydrogens (tertiary/aromatic N) is 5. The van der Waals surface area contributed by atoms with Gasteiger partial charge < -0.3 is 14.5 Å². The summed E-state index contributed by atoms with van der Waals surface area (Å²) in [5.41, 5.74) is 4.31. The fourth-order valence-corrected chi connectivity index (χ4v) is 5.07. The van der Waals surface area contributed by atoms with Crippen LogP contribution in [0.25, 0.3) is 33.5 Å². The molecule has 0 saturated carbocycles. The molecule has 1 atom stereocenters. The van der Waals surface area contributed by atoms with Gasteiger partial charge in [-0.1, -0.05) is 6.92 Å². The molecular weight excluding hydrogens is 458 g/mol. The number of fused-ring (bicyclic) bond motifs is 2. The summed E-state index contributed by atoms with van der Waals surface area (Å²) >= 11 is 0. The molecular formula is C28H26F2N6. The number of hydrogen-bond acceptors (Lipinski definition) is 4. The van der Waals surface area contributed by atoms with Crippen molar-refractivity contribution >= 4 is 16.9 Å². The summed E-state index contributed by atoms with van der Waals surface area (Å²) in [4.78, 5) is 14.2. The third-order valence-corrected chi connectivity index (χ3v) is 6.74. The maximum Gasteiger partial charge on any atom is 0.223 e. The zero-order chi connectivity index (χ0) is 24.6. The molecule has 0 spiro atoms. The number of benzene rings is 2. The van der Waals surface area contributed by atoms with Gasteiger partial charge in [0, 0.05) is 48.4 Å². The van der Waals surface area contributed by atoms with Gasteiger partial charge in [0.2, 0.25) is 5.95 Å². The van der Waals surface area contributed by atoms with E-state index in [4.69, 9.17) is 9.97 Å². The lowest BCUT2D eigenvalue weighted by molar-refractivity contribution is 0.459. The van der Waals surface area contributed by atoms with E-state index in [1.807, 2.05) is 24.4 Å². The molecule has 2 aromatic carbocycles. The fourth-order valence-electron chi connectivity index (χ4n) is 5.07. The minimum Gasteiger partial charge on any atom is -0.354 e. The quantitative estimate of drug-likeness (QED) is 0.297. The molecule has 0 fully saturated rings. The number of aryl methyl sites for hydroxylation is 1. The van der Waals surface area contributed by atoms with E-state index >= 15 is 0 Å². The molecule has 1 unspecified atom stereocenters. The summed E-state index contributed by atoms with van der Waals surface area (Å²) in [7, 11) is 0. The van der Waals surface area contributed by atoms with Crippen molar-refractivity contribution < 1.29 is 8.78 Å². The fraction of sp³-hybridized carbons (Fsp3) is 0.250. The molecule has 8 heteroatoms. The van der Waals surface area contributed by atoms with Crippen LogP contribution in [0.3, 0.4) is 0 Å². The highest BCUT2D eigenvalue weighted by Gasteiger charge is 2.31. The van der Waals surface area contributed by atoms with E-state index in [9.17, 15) is 8.78 Å². The summed E-state index contributed by atoms with van der Waals surface area (Å²) in [6, 6.07) is 15.3. The molecule has 6 nitrogen and oxygen atoms in total. The SMILES string of the molecule is CCCNc1nccc(-c2c(-c3ccc(F)cc3)nc3n2C(Cn2ccc4cc(F)ccc42)CC3)n1. The van der Waals surface area contributed by atoms with Crippen LogP contribution in [-0.4, -0.2) is 30.6 Å². The van der Waals surface area contributed by atoms with Crippen molar-refractivity contribution in [3.05, 3.63) is 84.4 Å². The number of nitrogens with one attached hydrogen (secondary N) is 1. The van der Waals surface area contributed by atoms with E-state index in [1.165, 1.54) is 18.2 Å². The highest BCUT2D eigenvalue weighted by atomic mass is 19.1. The zero-order valence-corrected chi connectivity index (χ0v) is 20.0. The molecule has 1 aliphatic rings. The van der Waals surface area contributed by atoms with Crippen molar-refractivity contribution in [1.82, 2.24) is 24.1 Å². The van der Waals surface area contributed by atoms with E-state index in [-0.39, 0.29) is 17.7 Å². The normalized spacial score (nSPS) is 14.9. The second kappa shape index (κ2) is 9.18. The highest BCUT2D eigenvalue weighted by Crippen LogP contribution is 2.40. The highest BCUT2D eigenvalue weighted by molar-refractivity contribution is 5.80. The van der Waals surface area contributed by atoms with Crippen LogP contribution in [0.4, 0.5) is 14.7 Å². The average molecular weight is 485 g/mol. The summed E-state index contributed by atoms with van der Waals surface area (Å²) in [5, 5.41) is 4.15. The van der Waals surface area contributed by atoms with Crippen LogP contribution in [0.5, 0.6) is 0 Å². The third-order valence-electron chi connectivity index (χ3n) is 6.74. The summed E-state index contributed by atoms with van der Waals surface area (Å²) in [6.45, 7) is 3.60. The average Bonchev–Trinajstić information content (AvgIpc) is 3.58. The van der Waals surface area contributed by atoms with Gasteiger partial charge in [0.25, 0.3) is 0 Å². The van der Waals surface area contributed by atoms with Crippen LogP contribution in [0.15, 0.2) is 67.0 Å². The lowest BCUT2D eigenvalue weighted by atomic mass is 10.1. The second-order valence-corrected chi connectivity index (χ2v) is 9.16. The number of rotatable bonds is 7. The van der Waals surface area contributed by atoms with Crippen LogP contribution < -0.4 is 5.32 Å². The van der Waals surface area contributed by atoms with Crippen molar-refractivity contribution in [2.75, 3.05) is 11.9 Å². The van der Waals surface area contributed by atoms with Gasteiger partial charge in [0.1, 0.15) is 17.5 Å². The van der Waals surface area contributed by atoms with Gasteiger partial charge in [-0.3, -0.25) is 0 Å². The van der Waals surface area contributed by atoms with Gasteiger partial charge in [-0.25, -0.2) is 23.7 Å². The number of imidazole rings is 1. The Labute approximate surface area is 207 Å². The molecule has 0 amide bonds. The van der Waals surface area contributed by atoms with Crippen molar-refractivity contribution in [3.63, 3.8) is 0 Å². The predicted molar refractivity (Wildman–Crippen MR) is 137 cm³/mol. The first-order valence-corrected chi connectivity index (χ1v) is 12.3. The lowest BCUT2D eigenvalue weighted by Crippen LogP contribution is -2.14. The largest absolute Gasteiger partial charge is 0.354 e. The van der Waals surface area contributed by atoms with E-state index < -0.39 is 0 Å². The van der Waals surface area contributed by atoms with Crippen LogP contribution in [0.2, 0.25) is 0 Å². The van der Waals surface area contributed by atoms with Crippen LogP contribution in [-0.2, 0) is 13.0 Å². The Balaban J connectivity index is 1.46. The third kappa shape index (κ3) is 4.02. The maximum absolute atomic E-state index is 13.7. The maximum atomic E-state index is 13.7. The predicted octanol–water partition coefficient (Wildman–Crippen LogP) is 6.25. The Morgan fingerprint density at radius 1 is 1.00 bits per heavy atom. The summed E-state index contributed by atoms with van der Waals surface area (Å²) < 4.78 is 31.9. The van der Waals surface area contributed by atoms with E-state index in [2.05, 4.69) is 26.4 Å². The van der Waals surface area contributed by atoms with E-state index in [1.54, 1.807) is 24.4 Å². The van der Waals surface area contributed by atoms with E-state index in [0.717, 1.165) is 71.7 Å². The molecule has 3 aromatic heterocycles. The van der Waals surface area contributed by atoms with Crippen LogP contribution >= 0.6 is 0 Å². The van der Waals surface area contributed by atoms with Crippen molar-refractivity contribution in [1.29, 1.82) is 0 Å². The van der Waals surface area contributed by atoms with Crippen molar-refractivity contribution in [3.8, 4) is 22.6 Å². The van der Waals surface area contributed by atoms with Gasteiger partial charge in [0.05, 0.1) is 23.1 Å². The molecule has 0 saturated heterocycles. The monoisotopic (exact) mass is 484 g/mol. The summed E-state index contributed by atoms with van der Waals surface area (Å²) in [5.74, 6) is 1.04. The number of halogens is 2. The molecule has 0 bridgehead atoms. The van der Waals surface area contributed by atoms with Gasteiger partial charge >= 0.3 is 0 Å². The minimum atomic E-state index is -0.283. The molecule has 6 rings (SSSR count). The van der Waals surface area contributed by atoms with Gasteiger partial charge in [-0.05, 0) is 67.4 Å².